The lowest BCUT2D eigenvalue weighted by molar-refractivity contribution is -0.127. The Morgan fingerprint density at radius 2 is 2.00 bits per heavy atom. The van der Waals surface area contributed by atoms with Gasteiger partial charge in [-0.15, -0.1) is 0 Å². The lowest BCUT2D eigenvalue weighted by atomic mass is 10.1. The minimum Gasteiger partial charge on any atom is -0.497 e. The zero-order valence-corrected chi connectivity index (χ0v) is 14.4. The second-order valence-corrected chi connectivity index (χ2v) is 5.99. The van der Waals surface area contributed by atoms with Crippen LogP contribution >= 0.6 is 11.8 Å². The molecule has 5 heteroatoms. The molecule has 1 amide bonds. The van der Waals surface area contributed by atoms with E-state index >= 15 is 0 Å². The standard InChI is InChI=1S/C17H22N2O2S/c1-5-19(6-2)16(20)11-22-17-12(3)9-13-10-14(21-4)7-8-15(13)18-17/h7-10H,5-6,11H2,1-4H3. The molecule has 0 fully saturated rings. The lowest BCUT2D eigenvalue weighted by Crippen LogP contribution is -2.31. The van der Waals surface area contributed by atoms with Gasteiger partial charge in [0.1, 0.15) is 10.8 Å². The van der Waals surface area contributed by atoms with E-state index in [0.29, 0.717) is 5.75 Å². The first-order valence-corrected chi connectivity index (χ1v) is 8.43. The van der Waals surface area contributed by atoms with Crippen LogP contribution in [0.1, 0.15) is 19.4 Å². The van der Waals surface area contributed by atoms with Crippen LogP contribution in [0, 0.1) is 6.92 Å². The first kappa shape index (κ1) is 16.6. The molecule has 0 unspecified atom stereocenters. The third-order valence-electron chi connectivity index (χ3n) is 3.61. The van der Waals surface area contributed by atoms with Gasteiger partial charge in [-0.2, -0.15) is 0 Å². The van der Waals surface area contributed by atoms with E-state index < -0.39 is 0 Å². The van der Waals surface area contributed by atoms with Crippen molar-refractivity contribution in [1.29, 1.82) is 0 Å². The monoisotopic (exact) mass is 318 g/mol. The molecule has 0 bridgehead atoms. The van der Waals surface area contributed by atoms with E-state index in [0.717, 1.165) is 40.3 Å². The molecule has 0 N–H and O–H groups in total. The minimum absolute atomic E-state index is 0.158. The van der Waals surface area contributed by atoms with Gasteiger partial charge in [0.25, 0.3) is 0 Å². The number of fused-ring (bicyclic) bond motifs is 1. The Hall–Kier alpha value is -1.75. The van der Waals surface area contributed by atoms with Crippen molar-refractivity contribution in [3.8, 4) is 5.75 Å². The van der Waals surface area contributed by atoms with Gasteiger partial charge in [-0.3, -0.25) is 4.79 Å². The Morgan fingerprint density at radius 3 is 2.64 bits per heavy atom. The number of thioether (sulfide) groups is 1. The molecule has 0 radical (unpaired) electrons. The van der Waals surface area contributed by atoms with Gasteiger partial charge in [0, 0.05) is 18.5 Å². The zero-order chi connectivity index (χ0) is 16.1. The Labute approximate surface area is 135 Å². The van der Waals surface area contributed by atoms with Gasteiger partial charge >= 0.3 is 0 Å². The van der Waals surface area contributed by atoms with Gasteiger partial charge in [0.15, 0.2) is 0 Å². The van der Waals surface area contributed by atoms with Gasteiger partial charge in [0.2, 0.25) is 5.91 Å². The second-order valence-electron chi connectivity index (χ2n) is 5.02. The van der Waals surface area contributed by atoms with Crippen LogP contribution in [-0.4, -0.2) is 41.7 Å². The maximum Gasteiger partial charge on any atom is 0.232 e. The number of pyridine rings is 1. The van der Waals surface area contributed by atoms with Crippen molar-refractivity contribution in [2.45, 2.75) is 25.8 Å². The number of rotatable bonds is 6. The molecule has 0 aliphatic heterocycles. The van der Waals surface area contributed by atoms with E-state index in [1.54, 1.807) is 7.11 Å². The van der Waals surface area contributed by atoms with Crippen molar-refractivity contribution in [2.75, 3.05) is 26.0 Å². The normalized spacial score (nSPS) is 10.7. The Bertz CT molecular complexity index is 669. The third kappa shape index (κ3) is 3.71. The van der Waals surface area contributed by atoms with Crippen molar-refractivity contribution in [3.05, 3.63) is 29.8 Å². The van der Waals surface area contributed by atoms with Gasteiger partial charge in [-0.1, -0.05) is 11.8 Å². The van der Waals surface area contributed by atoms with Gasteiger partial charge in [0.05, 0.1) is 18.4 Å². The van der Waals surface area contributed by atoms with Crippen molar-refractivity contribution < 1.29 is 9.53 Å². The van der Waals surface area contributed by atoms with Crippen molar-refractivity contribution >= 4 is 28.6 Å². The summed E-state index contributed by atoms with van der Waals surface area (Å²) in [5.74, 6) is 1.41. The molecule has 1 aromatic carbocycles. The molecule has 0 aliphatic rings. The topological polar surface area (TPSA) is 42.4 Å². The smallest absolute Gasteiger partial charge is 0.232 e. The molecule has 22 heavy (non-hydrogen) atoms. The highest BCUT2D eigenvalue weighted by Crippen LogP contribution is 2.26. The summed E-state index contributed by atoms with van der Waals surface area (Å²) in [5, 5.41) is 1.97. The van der Waals surface area contributed by atoms with E-state index in [2.05, 4.69) is 11.1 Å². The average molecular weight is 318 g/mol. The molecule has 0 spiro atoms. The van der Waals surface area contributed by atoms with Crippen LogP contribution in [-0.2, 0) is 4.79 Å². The molecule has 4 nitrogen and oxygen atoms in total. The van der Waals surface area contributed by atoms with E-state index in [1.807, 2.05) is 43.9 Å². The molecule has 2 rings (SSSR count). The van der Waals surface area contributed by atoms with Crippen LogP contribution < -0.4 is 4.74 Å². The number of methoxy groups -OCH3 is 1. The highest BCUT2D eigenvalue weighted by molar-refractivity contribution is 7.99. The van der Waals surface area contributed by atoms with E-state index in [-0.39, 0.29) is 5.91 Å². The molecule has 0 atom stereocenters. The van der Waals surface area contributed by atoms with Crippen LogP contribution in [0.2, 0.25) is 0 Å². The van der Waals surface area contributed by atoms with Crippen LogP contribution in [0.15, 0.2) is 29.3 Å². The molecular weight excluding hydrogens is 296 g/mol. The summed E-state index contributed by atoms with van der Waals surface area (Å²) in [7, 11) is 1.66. The molecule has 0 aliphatic carbocycles. The summed E-state index contributed by atoms with van der Waals surface area (Å²) in [5.41, 5.74) is 2.00. The average Bonchev–Trinajstić information content (AvgIpc) is 2.53. The van der Waals surface area contributed by atoms with Crippen LogP contribution in [0.4, 0.5) is 0 Å². The summed E-state index contributed by atoms with van der Waals surface area (Å²) < 4.78 is 5.24. The van der Waals surface area contributed by atoms with Gasteiger partial charge in [-0.25, -0.2) is 4.98 Å². The molecular formula is C17H22N2O2S. The number of aromatic nitrogens is 1. The van der Waals surface area contributed by atoms with Gasteiger partial charge < -0.3 is 9.64 Å². The quantitative estimate of drug-likeness (QED) is 0.764. The predicted molar refractivity (Wildman–Crippen MR) is 91.7 cm³/mol. The number of aryl methyl sites for hydroxylation is 1. The van der Waals surface area contributed by atoms with E-state index in [9.17, 15) is 4.79 Å². The molecule has 0 saturated heterocycles. The SMILES string of the molecule is CCN(CC)C(=O)CSc1nc2ccc(OC)cc2cc1C. The summed E-state index contributed by atoms with van der Waals surface area (Å²) in [6.45, 7) is 7.52. The molecule has 118 valence electrons. The van der Waals surface area contributed by atoms with E-state index in [4.69, 9.17) is 4.74 Å². The number of benzene rings is 1. The molecule has 1 heterocycles. The number of carbonyl (C=O) groups excluding carboxylic acids is 1. The summed E-state index contributed by atoms with van der Waals surface area (Å²) in [4.78, 5) is 18.6. The Morgan fingerprint density at radius 1 is 1.27 bits per heavy atom. The number of hydrogen-bond acceptors (Lipinski definition) is 4. The Kier molecular flexibility index (Phi) is 5.66. The first-order valence-electron chi connectivity index (χ1n) is 7.45. The number of ether oxygens (including phenoxy) is 1. The van der Waals surface area contributed by atoms with Gasteiger partial charge in [-0.05, 0) is 50.6 Å². The number of carbonyl (C=O) groups is 1. The molecule has 1 aromatic heterocycles. The summed E-state index contributed by atoms with van der Waals surface area (Å²) in [6.07, 6.45) is 0. The van der Waals surface area contributed by atoms with Crippen LogP contribution in [0.25, 0.3) is 10.9 Å². The third-order valence-corrected chi connectivity index (χ3v) is 4.69. The number of hydrogen-bond donors (Lipinski definition) is 0. The van der Waals surface area contributed by atoms with Crippen molar-refractivity contribution in [2.24, 2.45) is 0 Å². The van der Waals surface area contributed by atoms with Crippen LogP contribution in [0.5, 0.6) is 5.75 Å². The number of nitrogens with zero attached hydrogens (tertiary/aromatic N) is 2. The fourth-order valence-corrected chi connectivity index (χ4v) is 3.21. The van der Waals surface area contributed by atoms with Crippen molar-refractivity contribution in [1.82, 2.24) is 9.88 Å². The Balaban J connectivity index is 2.18. The molecule has 2 aromatic rings. The fraction of sp³-hybridized carbons (Fsp3) is 0.412. The second kappa shape index (κ2) is 7.49. The highest BCUT2D eigenvalue weighted by Gasteiger charge is 2.12. The lowest BCUT2D eigenvalue weighted by Gasteiger charge is -2.18. The van der Waals surface area contributed by atoms with Crippen molar-refractivity contribution in [3.63, 3.8) is 0 Å². The highest BCUT2D eigenvalue weighted by atomic mass is 32.2. The predicted octanol–water partition coefficient (Wildman–Crippen LogP) is 3.51. The summed E-state index contributed by atoms with van der Waals surface area (Å²) >= 11 is 1.51. The maximum atomic E-state index is 12.1. The largest absolute Gasteiger partial charge is 0.497 e. The number of amides is 1. The van der Waals surface area contributed by atoms with Crippen LogP contribution in [0.3, 0.4) is 0 Å². The summed E-state index contributed by atoms with van der Waals surface area (Å²) in [6, 6.07) is 7.92. The maximum absolute atomic E-state index is 12.1. The molecule has 0 saturated carbocycles. The van der Waals surface area contributed by atoms with E-state index in [1.165, 1.54) is 11.8 Å². The first-order chi connectivity index (χ1) is 10.6. The minimum atomic E-state index is 0.158. The fourth-order valence-electron chi connectivity index (χ4n) is 2.31. The zero-order valence-electron chi connectivity index (χ0n) is 13.5.